The smallest absolute Gasteiger partial charge is 0.0128 e. The number of aryl methyl sites for hydroxylation is 2. The van der Waals surface area contributed by atoms with E-state index in [1.807, 2.05) is 0 Å². The molecule has 2 saturated carbocycles. The Morgan fingerprint density at radius 1 is 1.13 bits per heavy atom. The van der Waals surface area contributed by atoms with Crippen LogP contribution in [0.25, 0.3) is 0 Å². The monoisotopic (exact) mass is 310 g/mol. The van der Waals surface area contributed by atoms with E-state index in [1.165, 1.54) is 63.4 Å². The summed E-state index contributed by atoms with van der Waals surface area (Å²) in [6.45, 7) is 7.28. The Morgan fingerprint density at radius 2 is 2.00 bits per heavy atom. The van der Waals surface area contributed by atoms with Crippen LogP contribution in [0, 0.1) is 30.1 Å². The molecule has 1 aromatic carbocycles. The van der Waals surface area contributed by atoms with E-state index in [2.05, 4.69) is 39.0 Å². The Bertz CT molecular complexity index is 571. The number of fused-ring (bicyclic) bond motifs is 5. The molecule has 0 nitrogen and oxygen atoms in total. The molecule has 0 radical (unpaired) electrons. The van der Waals surface area contributed by atoms with Gasteiger partial charge in [-0.3, -0.25) is 0 Å². The summed E-state index contributed by atoms with van der Waals surface area (Å²) in [5, 5.41) is 0. The highest BCUT2D eigenvalue weighted by atomic mass is 14.6. The van der Waals surface area contributed by atoms with Gasteiger partial charge < -0.3 is 0 Å². The van der Waals surface area contributed by atoms with Gasteiger partial charge in [0, 0.05) is 0 Å². The molecule has 2 fully saturated rings. The zero-order chi connectivity index (χ0) is 16.0. The SMILES string of the molecule is CCCCC1CCC2C3CCc4cc(C)ccc4C3CCC12C. The molecule has 0 saturated heterocycles. The minimum absolute atomic E-state index is 0.665. The van der Waals surface area contributed by atoms with Crippen molar-refractivity contribution in [2.45, 2.75) is 84.5 Å². The van der Waals surface area contributed by atoms with Crippen molar-refractivity contribution in [2.75, 3.05) is 0 Å². The zero-order valence-corrected chi connectivity index (χ0v) is 15.4. The molecule has 4 rings (SSSR count). The predicted molar refractivity (Wildman–Crippen MR) is 98.8 cm³/mol. The van der Waals surface area contributed by atoms with Gasteiger partial charge in [-0.25, -0.2) is 0 Å². The topological polar surface area (TPSA) is 0 Å². The first-order valence-corrected chi connectivity index (χ1v) is 10.2. The van der Waals surface area contributed by atoms with Crippen LogP contribution in [0.5, 0.6) is 0 Å². The molecule has 1 aromatic rings. The van der Waals surface area contributed by atoms with Crippen LogP contribution in [0.4, 0.5) is 0 Å². The molecule has 0 heteroatoms. The molecule has 0 aliphatic heterocycles. The second kappa shape index (κ2) is 5.94. The van der Waals surface area contributed by atoms with E-state index < -0.39 is 0 Å². The molecule has 3 aliphatic rings. The lowest BCUT2D eigenvalue weighted by atomic mass is 9.54. The Balaban J connectivity index is 1.59. The Hall–Kier alpha value is -0.780. The summed E-state index contributed by atoms with van der Waals surface area (Å²) in [4.78, 5) is 0. The normalized spacial score (nSPS) is 38.7. The zero-order valence-electron chi connectivity index (χ0n) is 15.4. The molecule has 0 bridgehead atoms. The highest BCUT2D eigenvalue weighted by Gasteiger charge is 2.54. The fourth-order valence-electron chi connectivity index (χ4n) is 6.74. The Labute approximate surface area is 143 Å². The predicted octanol–water partition coefficient (Wildman–Crippen LogP) is 6.66. The largest absolute Gasteiger partial charge is 0.0654 e. The highest BCUT2D eigenvalue weighted by molar-refractivity contribution is 5.37. The summed E-state index contributed by atoms with van der Waals surface area (Å²) < 4.78 is 0. The summed E-state index contributed by atoms with van der Waals surface area (Å²) in [6, 6.07) is 7.31. The number of rotatable bonds is 3. The second-order valence-electron chi connectivity index (χ2n) is 9.08. The highest BCUT2D eigenvalue weighted by Crippen LogP contribution is 2.63. The van der Waals surface area contributed by atoms with E-state index in [0.29, 0.717) is 5.41 Å². The van der Waals surface area contributed by atoms with E-state index in [-0.39, 0.29) is 0 Å². The lowest BCUT2D eigenvalue weighted by Gasteiger charge is -2.51. The molecule has 0 N–H and O–H groups in total. The van der Waals surface area contributed by atoms with Gasteiger partial charge in [-0.15, -0.1) is 0 Å². The lowest BCUT2D eigenvalue weighted by molar-refractivity contribution is 0.0253. The Morgan fingerprint density at radius 3 is 2.83 bits per heavy atom. The average molecular weight is 311 g/mol. The van der Waals surface area contributed by atoms with E-state index in [9.17, 15) is 0 Å². The maximum atomic E-state index is 2.67. The third-order valence-electron chi connectivity index (χ3n) is 7.98. The van der Waals surface area contributed by atoms with E-state index in [1.54, 1.807) is 11.1 Å². The van der Waals surface area contributed by atoms with Crippen LogP contribution in [-0.2, 0) is 6.42 Å². The molecule has 5 atom stereocenters. The van der Waals surface area contributed by atoms with Gasteiger partial charge in [0.2, 0.25) is 0 Å². The molecule has 0 heterocycles. The molecular weight excluding hydrogens is 276 g/mol. The molecule has 126 valence electrons. The van der Waals surface area contributed by atoms with Crippen LogP contribution >= 0.6 is 0 Å². The van der Waals surface area contributed by atoms with Crippen molar-refractivity contribution in [1.29, 1.82) is 0 Å². The van der Waals surface area contributed by atoms with Crippen molar-refractivity contribution in [1.82, 2.24) is 0 Å². The van der Waals surface area contributed by atoms with E-state index >= 15 is 0 Å². The molecule has 23 heavy (non-hydrogen) atoms. The first kappa shape index (κ1) is 15.7. The van der Waals surface area contributed by atoms with Crippen LogP contribution in [0.3, 0.4) is 0 Å². The van der Waals surface area contributed by atoms with Crippen molar-refractivity contribution in [3.05, 3.63) is 34.9 Å². The van der Waals surface area contributed by atoms with Crippen molar-refractivity contribution >= 4 is 0 Å². The standard InChI is InChI=1S/C23H34/c1-4-5-6-18-9-12-22-21-11-8-17-15-16(2)7-10-19(17)20(21)13-14-23(18,22)3/h7,10,15,18,20-22H,4-6,8-9,11-14H2,1-3H3. The van der Waals surface area contributed by atoms with E-state index in [4.69, 9.17) is 0 Å². The second-order valence-corrected chi connectivity index (χ2v) is 9.08. The minimum Gasteiger partial charge on any atom is -0.0654 e. The molecule has 3 aliphatic carbocycles. The van der Waals surface area contributed by atoms with E-state index in [0.717, 1.165) is 23.7 Å². The first-order chi connectivity index (χ1) is 11.1. The third kappa shape index (κ3) is 2.48. The van der Waals surface area contributed by atoms with Gasteiger partial charge in [0.15, 0.2) is 0 Å². The number of unbranched alkanes of at least 4 members (excludes halogenated alkanes) is 1. The van der Waals surface area contributed by atoms with Crippen LogP contribution in [0.1, 0.15) is 87.8 Å². The van der Waals surface area contributed by atoms with Crippen molar-refractivity contribution in [3.8, 4) is 0 Å². The summed E-state index contributed by atoms with van der Waals surface area (Å²) in [5.41, 5.74) is 5.52. The van der Waals surface area contributed by atoms with Crippen LogP contribution < -0.4 is 0 Å². The number of hydrogen-bond donors (Lipinski definition) is 0. The molecule has 0 amide bonds. The first-order valence-electron chi connectivity index (χ1n) is 10.2. The third-order valence-corrected chi connectivity index (χ3v) is 7.98. The quantitative estimate of drug-likeness (QED) is 0.585. The fraction of sp³-hybridized carbons (Fsp3) is 0.739. The van der Waals surface area contributed by atoms with Crippen molar-refractivity contribution in [2.24, 2.45) is 23.2 Å². The van der Waals surface area contributed by atoms with Gasteiger partial charge in [-0.2, -0.15) is 0 Å². The molecule has 5 unspecified atom stereocenters. The number of hydrogen-bond acceptors (Lipinski definition) is 0. The van der Waals surface area contributed by atoms with Gasteiger partial charge in [0.1, 0.15) is 0 Å². The van der Waals surface area contributed by atoms with Crippen LogP contribution in [0.2, 0.25) is 0 Å². The summed E-state index contributed by atoms with van der Waals surface area (Å²) in [7, 11) is 0. The number of benzene rings is 1. The maximum absolute atomic E-state index is 2.67. The van der Waals surface area contributed by atoms with Crippen LogP contribution in [0.15, 0.2) is 18.2 Å². The molecular formula is C23H34. The lowest BCUT2D eigenvalue weighted by Crippen LogP contribution is -2.42. The fourth-order valence-corrected chi connectivity index (χ4v) is 6.74. The molecule has 0 spiro atoms. The van der Waals surface area contributed by atoms with Gasteiger partial charge in [0.25, 0.3) is 0 Å². The van der Waals surface area contributed by atoms with Crippen LogP contribution in [-0.4, -0.2) is 0 Å². The Kier molecular flexibility index (Phi) is 4.06. The maximum Gasteiger partial charge on any atom is -0.0128 e. The van der Waals surface area contributed by atoms with Crippen molar-refractivity contribution in [3.63, 3.8) is 0 Å². The molecule has 0 aromatic heterocycles. The summed E-state index contributed by atoms with van der Waals surface area (Å²) >= 11 is 0. The van der Waals surface area contributed by atoms with Crippen molar-refractivity contribution < 1.29 is 0 Å². The summed E-state index contributed by atoms with van der Waals surface area (Å²) in [5.74, 6) is 3.89. The minimum atomic E-state index is 0.665. The van der Waals surface area contributed by atoms with Gasteiger partial charge in [-0.05, 0) is 92.1 Å². The van der Waals surface area contributed by atoms with Gasteiger partial charge in [-0.1, -0.05) is 50.5 Å². The average Bonchev–Trinajstić information content (AvgIpc) is 2.89. The van der Waals surface area contributed by atoms with Gasteiger partial charge in [0.05, 0.1) is 0 Å². The van der Waals surface area contributed by atoms with Gasteiger partial charge >= 0.3 is 0 Å². The summed E-state index contributed by atoms with van der Waals surface area (Å²) in [6.07, 6.45) is 13.1.